The zero-order valence-electron chi connectivity index (χ0n) is 10.4. The molecule has 94 valence electrons. The zero-order chi connectivity index (χ0) is 12.8. The molecule has 3 heterocycles. The molecule has 7 heteroatoms. The van der Waals surface area contributed by atoms with Crippen LogP contribution in [-0.2, 0) is 6.42 Å². The Morgan fingerprint density at radius 3 is 2.94 bits per heavy atom. The largest absolute Gasteiger partial charge is 0.340 e. The third kappa shape index (κ3) is 1.82. The van der Waals surface area contributed by atoms with Crippen LogP contribution < -0.4 is 5.73 Å². The summed E-state index contributed by atoms with van der Waals surface area (Å²) in [5, 5.41) is 8.38. The number of rotatable bonds is 3. The zero-order valence-corrected chi connectivity index (χ0v) is 10.4. The van der Waals surface area contributed by atoms with Gasteiger partial charge in [-0.15, -0.1) is 10.2 Å². The van der Waals surface area contributed by atoms with Gasteiger partial charge in [-0.2, -0.15) is 0 Å². The Hall–Kier alpha value is -2.02. The minimum Gasteiger partial charge on any atom is -0.340 e. The maximum Gasteiger partial charge on any atom is 0.189 e. The van der Waals surface area contributed by atoms with E-state index in [1.165, 1.54) is 0 Å². The van der Waals surface area contributed by atoms with Crippen molar-refractivity contribution >= 4 is 16.8 Å². The normalized spacial score (nSPS) is 12.6. The van der Waals surface area contributed by atoms with Crippen molar-refractivity contribution in [2.24, 2.45) is 5.73 Å². The molecule has 18 heavy (non-hydrogen) atoms. The first kappa shape index (κ1) is 11.1. The first-order valence-corrected chi connectivity index (χ1v) is 5.85. The van der Waals surface area contributed by atoms with E-state index < -0.39 is 0 Å². The quantitative estimate of drug-likeness (QED) is 0.706. The number of nitrogens with one attached hydrogen (secondary N) is 1. The fourth-order valence-corrected chi connectivity index (χ4v) is 1.88. The number of aryl methyl sites for hydroxylation is 1. The molecule has 3 aromatic rings. The number of nitrogens with two attached hydrogens (primary N) is 1. The molecule has 0 aromatic carbocycles. The molecule has 0 saturated carbocycles. The van der Waals surface area contributed by atoms with Crippen molar-refractivity contribution in [3.63, 3.8) is 0 Å². The molecule has 0 bridgehead atoms. The smallest absolute Gasteiger partial charge is 0.189 e. The third-order valence-corrected chi connectivity index (χ3v) is 2.90. The highest BCUT2D eigenvalue weighted by Gasteiger charge is 2.15. The Bertz CT molecular complexity index is 688. The number of H-pyrrole nitrogens is 1. The van der Waals surface area contributed by atoms with Crippen molar-refractivity contribution in [3.05, 3.63) is 18.5 Å². The molecule has 0 unspecified atom stereocenters. The second kappa shape index (κ2) is 3.74. The predicted molar refractivity (Wildman–Crippen MR) is 67.0 cm³/mol. The van der Waals surface area contributed by atoms with Gasteiger partial charge in [0, 0.05) is 12.0 Å². The lowest BCUT2D eigenvalue weighted by Gasteiger charge is -2.16. The van der Waals surface area contributed by atoms with E-state index in [0.29, 0.717) is 5.65 Å². The standard InChI is InChI=1S/C11H15N7/c1-11(2,12)4-3-7-16-17-10-8-9(14-5-13-8)15-6-18(7)10/h5-6H,3-4,12H2,1-2H3,(H,13,14). The Kier molecular flexibility index (Phi) is 2.30. The van der Waals surface area contributed by atoms with Crippen LogP contribution in [0.5, 0.6) is 0 Å². The van der Waals surface area contributed by atoms with Gasteiger partial charge in [0.15, 0.2) is 11.3 Å². The summed E-state index contributed by atoms with van der Waals surface area (Å²) in [5.74, 6) is 0.868. The van der Waals surface area contributed by atoms with E-state index >= 15 is 0 Å². The van der Waals surface area contributed by atoms with Gasteiger partial charge in [-0.05, 0) is 20.3 Å². The van der Waals surface area contributed by atoms with Gasteiger partial charge in [0.25, 0.3) is 0 Å². The SMILES string of the molecule is CC(C)(N)CCc1nnc2c3[nH]cnc3ncn12. The molecule has 7 nitrogen and oxygen atoms in total. The fourth-order valence-electron chi connectivity index (χ4n) is 1.88. The summed E-state index contributed by atoms with van der Waals surface area (Å²) in [4.78, 5) is 11.4. The first-order chi connectivity index (χ1) is 8.54. The Balaban J connectivity index is 2.03. The van der Waals surface area contributed by atoms with Crippen LogP contribution in [0.15, 0.2) is 12.7 Å². The van der Waals surface area contributed by atoms with Crippen molar-refractivity contribution in [1.82, 2.24) is 29.5 Å². The van der Waals surface area contributed by atoms with Gasteiger partial charge in [0.2, 0.25) is 0 Å². The first-order valence-electron chi connectivity index (χ1n) is 5.85. The van der Waals surface area contributed by atoms with Crippen LogP contribution in [0.2, 0.25) is 0 Å². The van der Waals surface area contributed by atoms with E-state index in [4.69, 9.17) is 5.73 Å². The van der Waals surface area contributed by atoms with Gasteiger partial charge in [-0.1, -0.05) is 0 Å². The lowest BCUT2D eigenvalue weighted by molar-refractivity contribution is 0.470. The highest BCUT2D eigenvalue weighted by molar-refractivity contribution is 5.84. The predicted octanol–water partition coefficient (Wildman–Crippen LogP) is 0.671. The Labute approximate surface area is 103 Å². The van der Waals surface area contributed by atoms with Crippen LogP contribution in [0.25, 0.3) is 16.8 Å². The van der Waals surface area contributed by atoms with E-state index in [9.17, 15) is 0 Å². The highest BCUT2D eigenvalue weighted by atomic mass is 15.3. The second-order valence-electron chi connectivity index (χ2n) is 5.14. The molecule has 3 aromatic heterocycles. The lowest BCUT2D eigenvalue weighted by Crippen LogP contribution is -2.32. The van der Waals surface area contributed by atoms with Crippen molar-refractivity contribution in [3.8, 4) is 0 Å². The average Bonchev–Trinajstić information content (AvgIpc) is 2.91. The molecular weight excluding hydrogens is 230 g/mol. The molecule has 0 fully saturated rings. The minimum atomic E-state index is -0.211. The van der Waals surface area contributed by atoms with Crippen LogP contribution in [0.1, 0.15) is 26.1 Å². The number of aromatic amines is 1. The van der Waals surface area contributed by atoms with E-state index in [1.54, 1.807) is 12.7 Å². The Morgan fingerprint density at radius 2 is 2.17 bits per heavy atom. The van der Waals surface area contributed by atoms with Gasteiger partial charge in [-0.25, -0.2) is 9.97 Å². The average molecular weight is 245 g/mol. The van der Waals surface area contributed by atoms with Crippen LogP contribution in [0.4, 0.5) is 0 Å². The van der Waals surface area contributed by atoms with Crippen LogP contribution in [0, 0.1) is 0 Å². The molecule has 0 atom stereocenters. The van der Waals surface area contributed by atoms with Crippen LogP contribution in [-0.4, -0.2) is 35.1 Å². The van der Waals surface area contributed by atoms with Gasteiger partial charge in [0.1, 0.15) is 17.7 Å². The van der Waals surface area contributed by atoms with E-state index in [2.05, 4.69) is 25.1 Å². The molecule has 0 radical (unpaired) electrons. The molecule has 0 spiro atoms. The monoisotopic (exact) mass is 245 g/mol. The molecule has 3 N–H and O–H groups in total. The lowest BCUT2D eigenvalue weighted by atomic mass is 10.00. The van der Waals surface area contributed by atoms with Gasteiger partial charge >= 0.3 is 0 Å². The fraction of sp³-hybridized carbons (Fsp3) is 0.455. The van der Waals surface area contributed by atoms with Crippen LogP contribution >= 0.6 is 0 Å². The van der Waals surface area contributed by atoms with Crippen molar-refractivity contribution in [2.75, 3.05) is 0 Å². The molecule has 0 saturated heterocycles. The summed E-state index contributed by atoms with van der Waals surface area (Å²) >= 11 is 0. The molecular formula is C11H15N7. The number of imidazole rings is 1. The van der Waals surface area contributed by atoms with E-state index in [1.807, 2.05) is 18.2 Å². The highest BCUT2D eigenvalue weighted by Crippen LogP contribution is 2.15. The van der Waals surface area contributed by atoms with E-state index in [-0.39, 0.29) is 5.54 Å². The number of aromatic nitrogens is 6. The summed E-state index contributed by atoms with van der Waals surface area (Å²) in [5.41, 5.74) is 7.98. The van der Waals surface area contributed by atoms with Gasteiger partial charge in [0.05, 0.1) is 6.33 Å². The maximum atomic E-state index is 5.98. The number of hydrogen-bond donors (Lipinski definition) is 2. The van der Waals surface area contributed by atoms with Crippen molar-refractivity contribution in [1.29, 1.82) is 0 Å². The summed E-state index contributed by atoms with van der Waals surface area (Å²) in [6.07, 6.45) is 4.92. The van der Waals surface area contributed by atoms with Gasteiger partial charge in [-0.3, -0.25) is 4.40 Å². The van der Waals surface area contributed by atoms with Crippen LogP contribution in [0.3, 0.4) is 0 Å². The number of fused-ring (bicyclic) bond motifs is 3. The molecule has 0 amide bonds. The Morgan fingerprint density at radius 1 is 1.33 bits per heavy atom. The molecule has 0 aliphatic rings. The summed E-state index contributed by atoms with van der Waals surface area (Å²) in [6.45, 7) is 4.00. The molecule has 3 rings (SSSR count). The van der Waals surface area contributed by atoms with Gasteiger partial charge < -0.3 is 10.7 Å². The number of nitrogens with zero attached hydrogens (tertiary/aromatic N) is 5. The third-order valence-electron chi connectivity index (χ3n) is 2.90. The number of hydrogen-bond acceptors (Lipinski definition) is 5. The maximum absolute atomic E-state index is 5.98. The van der Waals surface area contributed by atoms with Crippen molar-refractivity contribution < 1.29 is 0 Å². The van der Waals surface area contributed by atoms with Crippen molar-refractivity contribution in [2.45, 2.75) is 32.2 Å². The molecule has 0 aliphatic heterocycles. The second-order valence-corrected chi connectivity index (χ2v) is 5.14. The summed E-state index contributed by atoms with van der Waals surface area (Å²) in [6, 6.07) is 0. The minimum absolute atomic E-state index is 0.211. The summed E-state index contributed by atoms with van der Waals surface area (Å²) in [7, 11) is 0. The molecule has 0 aliphatic carbocycles. The topological polar surface area (TPSA) is 97.8 Å². The van der Waals surface area contributed by atoms with E-state index in [0.717, 1.165) is 29.8 Å². The summed E-state index contributed by atoms with van der Waals surface area (Å²) < 4.78 is 1.88.